The molecule has 2 aromatic rings. The van der Waals surface area contributed by atoms with Gasteiger partial charge in [0, 0.05) is 12.2 Å². The first-order valence-corrected chi connectivity index (χ1v) is 6.98. The van der Waals surface area contributed by atoms with Gasteiger partial charge in [-0.1, -0.05) is 13.3 Å². The lowest BCUT2D eigenvalue weighted by atomic mass is 10.2. The fourth-order valence-electron chi connectivity index (χ4n) is 2.18. The molecule has 3 N–H and O–H groups in total. The predicted octanol–water partition coefficient (Wildman–Crippen LogP) is 2.75. The summed E-state index contributed by atoms with van der Waals surface area (Å²) in [6.07, 6.45) is 1.66. The third-order valence-electron chi connectivity index (χ3n) is 3.29. The number of carbonyl (C=O) groups excluding carboxylic acids is 1. The Labute approximate surface area is 123 Å². The number of nitrogens with one attached hydrogen (secondary N) is 1. The third-order valence-corrected chi connectivity index (χ3v) is 3.29. The van der Waals surface area contributed by atoms with Crippen LogP contribution in [-0.2, 0) is 6.42 Å². The van der Waals surface area contributed by atoms with Gasteiger partial charge in [-0.2, -0.15) is 5.10 Å². The molecule has 0 aliphatic rings. The van der Waals surface area contributed by atoms with Crippen molar-refractivity contribution in [1.29, 1.82) is 0 Å². The highest BCUT2D eigenvalue weighted by atomic mass is 19.1. The number of hydrogen-bond acceptors (Lipinski definition) is 3. The van der Waals surface area contributed by atoms with Crippen molar-refractivity contribution in [2.75, 3.05) is 17.2 Å². The van der Waals surface area contributed by atoms with E-state index in [1.807, 2.05) is 13.8 Å². The van der Waals surface area contributed by atoms with E-state index in [0.29, 0.717) is 17.9 Å². The summed E-state index contributed by atoms with van der Waals surface area (Å²) in [6, 6.07) is 5.77. The summed E-state index contributed by atoms with van der Waals surface area (Å²) < 4.78 is 13.0. The van der Waals surface area contributed by atoms with Gasteiger partial charge in [-0.3, -0.25) is 9.89 Å². The summed E-state index contributed by atoms with van der Waals surface area (Å²) in [4.78, 5) is 14.1. The number of benzene rings is 1. The minimum Gasteiger partial charge on any atom is -0.395 e. The zero-order chi connectivity index (χ0) is 15.4. The average molecular weight is 290 g/mol. The second kappa shape index (κ2) is 6.39. The Morgan fingerprint density at radius 1 is 1.33 bits per heavy atom. The van der Waals surface area contributed by atoms with Crippen LogP contribution < -0.4 is 10.6 Å². The Morgan fingerprint density at radius 3 is 2.57 bits per heavy atom. The van der Waals surface area contributed by atoms with E-state index in [1.54, 1.807) is 12.1 Å². The van der Waals surface area contributed by atoms with E-state index in [4.69, 9.17) is 5.73 Å². The van der Waals surface area contributed by atoms with Crippen LogP contribution in [0.15, 0.2) is 24.3 Å². The van der Waals surface area contributed by atoms with Crippen LogP contribution in [-0.4, -0.2) is 22.6 Å². The molecule has 0 saturated heterocycles. The zero-order valence-corrected chi connectivity index (χ0v) is 12.2. The fraction of sp³-hybridized carbons (Fsp3) is 0.333. The molecule has 0 atom stereocenters. The number of carbonyl (C=O) groups is 1. The van der Waals surface area contributed by atoms with Gasteiger partial charge in [0.15, 0.2) is 5.69 Å². The van der Waals surface area contributed by atoms with Crippen LogP contribution in [0.5, 0.6) is 0 Å². The molecule has 0 aliphatic carbocycles. The maximum atomic E-state index is 13.0. The van der Waals surface area contributed by atoms with Crippen LogP contribution in [0.2, 0.25) is 0 Å². The van der Waals surface area contributed by atoms with E-state index >= 15 is 0 Å². The SMILES string of the molecule is CCCc1[nH]nc(C(=O)N(CC)c2ccc(F)cc2)c1N. The first kappa shape index (κ1) is 15.0. The fourth-order valence-corrected chi connectivity index (χ4v) is 2.18. The molecule has 5 nitrogen and oxygen atoms in total. The molecule has 6 heteroatoms. The van der Waals surface area contributed by atoms with Crippen LogP contribution >= 0.6 is 0 Å². The molecular formula is C15H19FN4O. The molecule has 0 saturated carbocycles. The summed E-state index contributed by atoms with van der Waals surface area (Å²) in [5, 5.41) is 6.84. The molecule has 0 aliphatic heterocycles. The van der Waals surface area contributed by atoms with Crippen molar-refractivity contribution in [2.24, 2.45) is 0 Å². The molecule has 1 heterocycles. The lowest BCUT2D eigenvalue weighted by Gasteiger charge is -2.20. The maximum Gasteiger partial charge on any atom is 0.280 e. The number of amides is 1. The number of nitrogen functional groups attached to an aromatic ring is 1. The Kier molecular flexibility index (Phi) is 4.57. The van der Waals surface area contributed by atoms with Crippen LogP contribution in [0.25, 0.3) is 0 Å². The highest BCUT2D eigenvalue weighted by molar-refractivity contribution is 6.08. The molecular weight excluding hydrogens is 271 g/mol. The Morgan fingerprint density at radius 2 is 2.00 bits per heavy atom. The van der Waals surface area contributed by atoms with Gasteiger partial charge in [-0.25, -0.2) is 4.39 Å². The summed E-state index contributed by atoms with van der Waals surface area (Å²) in [6.45, 7) is 4.32. The number of anilines is 2. The first-order valence-electron chi connectivity index (χ1n) is 6.98. The second-order valence-corrected chi connectivity index (χ2v) is 4.74. The smallest absolute Gasteiger partial charge is 0.280 e. The van der Waals surface area contributed by atoms with Gasteiger partial charge in [-0.15, -0.1) is 0 Å². The number of aromatic nitrogens is 2. The van der Waals surface area contributed by atoms with Gasteiger partial charge < -0.3 is 10.6 Å². The number of hydrogen-bond donors (Lipinski definition) is 2. The first-order chi connectivity index (χ1) is 10.1. The predicted molar refractivity (Wildman–Crippen MR) is 80.7 cm³/mol. The van der Waals surface area contributed by atoms with Crippen molar-refractivity contribution >= 4 is 17.3 Å². The van der Waals surface area contributed by atoms with E-state index in [1.165, 1.54) is 17.0 Å². The summed E-state index contributed by atoms with van der Waals surface area (Å²) in [5.41, 5.74) is 7.98. The standard InChI is InChI=1S/C15H19FN4O/c1-3-5-12-13(17)14(19-18-12)15(21)20(4-2)11-8-6-10(16)7-9-11/h6-9H,3-5,17H2,1-2H3,(H,18,19). The van der Waals surface area contributed by atoms with Crippen molar-refractivity contribution in [1.82, 2.24) is 10.2 Å². The summed E-state index contributed by atoms with van der Waals surface area (Å²) in [5.74, 6) is -0.632. The lowest BCUT2D eigenvalue weighted by Crippen LogP contribution is -2.31. The molecule has 2 rings (SSSR count). The van der Waals surface area contributed by atoms with Crippen LogP contribution in [0, 0.1) is 5.82 Å². The molecule has 0 unspecified atom stereocenters. The van der Waals surface area contributed by atoms with Crippen LogP contribution in [0.3, 0.4) is 0 Å². The molecule has 0 fully saturated rings. The van der Waals surface area contributed by atoms with Gasteiger partial charge in [-0.05, 0) is 37.6 Å². The van der Waals surface area contributed by atoms with Crippen molar-refractivity contribution in [3.05, 3.63) is 41.5 Å². The largest absolute Gasteiger partial charge is 0.395 e. The van der Waals surface area contributed by atoms with E-state index < -0.39 is 0 Å². The number of H-pyrrole nitrogens is 1. The van der Waals surface area contributed by atoms with Crippen molar-refractivity contribution in [3.63, 3.8) is 0 Å². The van der Waals surface area contributed by atoms with Gasteiger partial charge in [0.25, 0.3) is 5.91 Å². The van der Waals surface area contributed by atoms with E-state index in [0.717, 1.165) is 18.5 Å². The van der Waals surface area contributed by atoms with Crippen LogP contribution in [0.1, 0.15) is 36.5 Å². The third kappa shape index (κ3) is 3.04. The number of nitrogens with zero attached hydrogens (tertiary/aromatic N) is 2. The Bertz CT molecular complexity index is 621. The highest BCUT2D eigenvalue weighted by Crippen LogP contribution is 2.21. The quantitative estimate of drug-likeness (QED) is 0.889. The maximum absolute atomic E-state index is 13.0. The summed E-state index contributed by atoms with van der Waals surface area (Å²) >= 11 is 0. The molecule has 112 valence electrons. The Balaban J connectivity index is 2.30. The molecule has 1 amide bonds. The monoisotopic (exact) mass is 290 g/mol. The minimum absolute atomic E-state index is 0.213. The topological polar surface area (TPSA) is 75.0 Å². The van der Waals surface area contributed by atoms with Gasteiger partial charge in [0.05, 0.1) is 11.4 Å². The number of halogens is 1. The van der Waals surface area contributed by atoms with Gasteiger partial charge in [0.2, 0.25) is 0 Å². The number of rotatable bonds is 5. The minimum atomic E-state index is -0.341. The van der Waals surface area contributed by atoms with E-state index in [-0.39, 0.29) is 17.4 Å². The normalized spacial score (nSPS) is 10.6. The lowest BCUT2D eigenvalue weighted by molar-refractivity contribution is 0.0984. The molecule has 1 aromatic heterocycles. The number of aryl methyl sites for hydroxylation is 1. The van der Waals surface area contributed by atoms with Gasteiger partial charge >= 0.3 is 0 Å². The summed E-state index contributed by atoms with van der Waals surface area (Å²) in [7, 11) is 0. The van der Waals surface area contributed by atoms with E-state index in [9.17, 15) is 9.18 Å². The average Bonchev–Trinajstić information content (AvgIpc) is 2.83. The number of aromatic amines is 1. The molecule has 0 radical (unpaired) electrons. The zero-order valence-electron chi connectivity index (χ0n) is 12.2. The molecule has 1 aromatic carbocycles. The second-order valence-electron chi connectivity index (χ2n) is 4.74. The Hall–Kier alpha value is -2.37. The molecule has 0 spiro atoms. The van der Waals surface area contributed by atoms with Crippen molar-refractivity contribution in [3.8, 4) is 0 Å². The van der Waals surface area contributed by atoms with Crippen molar-refractivity contribution < 1.29 is 9.18 Å². The van der Waals surface area contributed by atoms with Crippen LogP contribution in [0.4, 0.5) is 15.8 Å². The number of nitrogens with two attached hydrogens (primary N) is 1. The van der Waals surface area contributed by atoms with E-state index in [2.05, 4.69) is 10.2 Å². The molecule has 21 heavy (non-hydrogen) atoms. The van der Waals surface area contributed by atoms with Gasteiger partial charge in [0.1, 0.15) is 5.82 Å². The van der Waals surface area contributed by atoms with Crippen molar-refractivity contribution in [2.45, 2.75) is 26.7 Å². The highest BCUT2D eigenvalue weighted by Gasteiger charge is 2.22. The molecule has 0 bridgehead atoms.